The Morgan fingerprint density at radius 3 is 2.64 bits per heavy atom. The van der Waals surface area contributed by atoms with Crippen LogP contribution < -0.4 is 11.2 Å². The van der Waals surface area contributed by atoms with Crippen molar-refractivity contribution in [3.05, 3.63) is 56.8 Å². The van der Waals surface area contributed by atoms with Crippen molar-refractivity contribution in [2.75, 3.05) is 13.1 Å². The number of benzene rings is 1. The van der Waals surface area contributed by atoms with E-state index in [0.717, 1.165) is 4.57 Å². The SMILES string of the molecule is Cn1c(=O)c2c(ncn2[C@H]2CN(C(=O)c3ccc4nc(C(F)(F)F)[nH]c4c3)CC[C@]2(C)O)n(C)c1=O. The van der Waals surface area contributed by atoms with E-state index in [9.17, 15) is 32.7 Å². The molecule has 4 heterocycles. The van der Waals surface area contributed by atoms with Gasteiger partial charge in [-0.15, -0.1) is 0 Å². The Morgan fingerprint density at radius 1 is 1.22 bits per heavy atom. The summed E-state index contributed by atoms with van der Waals surface area (Å²) in [6, 6.07) is 3.25. The molecular formula is C22H22F3N7O4. The summed E-state index contributed by atoms with van der Waals surface area (Å²) in [4.78, 5) is 49.9. The number of nitrogens with one attached hydrogen (secondary N) is 1. The molecule has 2 atom stereocenters. The average Bonchev–Trinajstić information content (AvgIpc) is 3.45. The molecule has 0 saturated carbocycles. The number of alkyl halides is 3. The third-order valence-electron chi connectivity index (χ3n) is 6.79. The molecule has 5 rings (SSSR count). The number of amides is 1. The van der Waals surface area contributed by atoms with Crippen molar-refractivity contribution >= 4 is 28.1 Å². The first-order valence-corrected chi connectivity index (χ1v) is 11.0. The summed E-state index contributed by atoms with van der Waals surface area (Å²) in [5.41, 5.74) is -1.91. The van der Waals surface area contributed by atoms with Crippen LogP contribution in [0.1, 0.15) is 35.6 Å². The molecule has 1 aliphatic heterocycles. The van der Waals surface area contributed by atoms with Gasteiger partial charge < -0.3 is 19.6 Å². The van der Waals surface area contributed by atoms with E-state index in [1.807, 2.05) is 0 Å². The molecule has 3 aromatic heterocycles. The second-order valence-corrected chi connectivity index (χ2v) is 9.22. The molecule has 4 aromatic rings. The zero-order chi connectivity index (χ0) is 26.2. The molecule has 2 N–H and O–H groups in total. The van der Waals surface area contributed by atoms with Crippen molar-refractivity contribution in [2.45, 2.75) is 31.2 Å². The molecule has 0 unspecified atom stereocenters. The van der Waals surface area contributed by atoms with Crippen LogP contribution in [0.3, 0.4) is 0 Å². The number of aliphatic hydroxyl groups is 1. The first-order valence-electron chi connectivity index (χ1n) is 11.0. The number of rotatable bonds is 2. The number of piperidine rings is 1. The van der Waals surface area contributed by atoms with Gasteiger partial charge in [0.25, 0.3) is 11.5 Å². The molecule has 1 fully saturated rings. The molecule has 1 aromatic carbocycles. The van der Waals surface area contributed by atoms with E-state index in [0.29, 0.717) is 0 Å². The predicted molar refractivity (Wildman–Crippen MR) is 121 cm³/mol. The van der Waals surface area contributed by atoms with Gasteiger partial charge in [-0.3, -0.25) is 18.7 Å². The van der Waals surface area contributed by atoms with Gasteiger partial charge in [-0.25, -0.2) is 14.8 Å². The van der Waals surface area contributed by atoms with E-state index in [2.05, 4.69) is 15.0 Å². The molecule has 36 heavy (non-hydrogen) atoms. The lowest BCUT2D eigenvalue weighted by atomic mass is 9.87. The number of aryl methyl sites for hydroxylation is 1. The molecule has 1 saturated heterocycles. The molecule has 0 aliphatic carbocycles. The largest absolute Gasteiger partial charge is 0.449 e. The monoisotopic (exact) mass is 505 g/mol. The lowest BCUT2D eigenvalue weighted by Gasteiger charge is -2.43. The van der Waals surface area contributed by atoms with Gasteiger partial charge in [-0.1, -0.05) is 0 Å². The zero-order valence-corrected chi connectivity index (χ0v) is 19.5. The van der Waals surface area contributed by atoms with Crippen LogP contribution in [0.15, 0.2) is 34.1 Å². The minimum atomic E-state index is -4.65. The molecule has 1 amide bonds. The number of likely N-dealkylation sites (tertiary alicyclic amines) is 1. The summed E-state index contributed by atoms with van der Waals surface area (Å²) >= 11 is 0. The smallest absolute Gasteiger partial charge is 0.388 e. The Hall–Kier alpha value is -3.94. The number of carbonyl (C=O) groups is 1. The van der Waals surface area contributed by atoms with Gasteiger partial charge in [0.2, 0.25) is 5.82 Å². The lowest BCUT2D eigenvalue weighted by Crippen LogP contribution is -2.53. The van der Waals surface area contributed by atoms with Crippen LogP contribution in [-0.2, 0) is 20.3 Å². The number of imidazole rings is 2. The topological polar surface area (TPSA) is 131 Å². The number of hydrogen-bond donors (Lipinski definition) is 2. The van der Waals surface area contributed by atoms with E-state index in [4.69, 9.17) is 0 Å². The molecule has 0 spiro atoms. The van der Waals surface area contributed by atoms with Gasteiger partial charge >= 0.3 is 11.9 Å². The Balaban J connectivity index is 1.52. The maximum atomic E-state index is 13.3. The van der Waals surface area contributed by atoms with Crippen LogP contribution in [0.4, 0.5) is 13.2 Å². The number of nitrogens with zero attached hydrogens (tertiary/aromatic N) is 6. The quantitative estimate of drug-likeness (QED) is 0.421. The number of H-pyrrole nitrogens is 1. The Morgan fingerprint density at radius 2 is 1.94 bits per heavy atom. The van der Waals surface area contributed by atoms with E-state index >= 15 is 0 Å². The van der Waals surface area contributed by atoms with Crippen molar-refractivity contribution in [3.8, 4) is 0 Å². The van der Waals surface area contributed by atoms with Gasteiger partial charge in [-0.05, 0) is 31.5 Å². The van der Waals surface area contributed by atoms with Crippen LogP contribution in [0.2, 0.25) is 0 Å². The predicted octanol–water partition coefficient (Wildman–Crippen LogP) is 1.17. The number of fused-ring (bicyclic) bond motifs is 2. The highest BCUT2D eigenvalue weighted by Gasteiger charge is 2.42. The van der Waals surface area contributed by atoms with Crippen LogP contribution in [0, 0.1) is 0 Å². The van der Waals surface area contributed by atoms with Crippen molar-refractivity contribution in [1.29, 1.82) is 0 Å². The molecule has 1 aliphatic rings. The van der Waals surface area contributed by atoms with Gasteiger partial charge in [0, 0.05) is 32.7 Å². The van der Waals surface area contributed by atoms with Gasteiger partial charge in [0.05, 0.1) is 29.0 Å². The minimum absolute atomic E-state index is 0.00188. The maximum absolute atomic E-state index is 13.3. The van der Waals surface area contributed by atoms with Crippen molar-refractivity contribution < 1.29 is 23.1 Å². The third kappa shape index (κ3) is 3.59. The molecule has 0 radical (unpaired) electrons. The fourth-order valence-electron chi connectivity index (χ4n) is 4.66. The summed E-state index contributed by atoms with van der Waals surface area (Å²) in [6.45, 7) is 1.77. The summed E-state index contributed by atoms with van der Waals surface area (Å²) in [7, 11) is 2.82. The average molecular weight is 505 g/mol. The first-order chi connectivity index (χ1) is 16.8. The fourth-order valence-corrected chi connectivity index (χ4v) is 4.66. The highest BCUT2D eigenvalue weighted by Crippen LogP contribution is 2.34. The number of aromatic amines is 1. The third-order valence-corrected chi connectivity index (χ3v) is 6.79. The van der Waals surface area contributed by atoms with Gasteiger partial charge in [0.15, 0.2) is 11.2 Å². The van der Waals surface area contributed by atoms with Crippen LogP contribution in [0.25, 0.3) is 22.2 Å². The number of aromatic nitrogens is 6. The second kappa shape index (κ2) is 7.78. The molecule has 0 bridgehead atoms. The van der Waals surface area contributed by atoms with Crippen LogP contribution in [0.5, 0.6) is 0 Å². The summed E-state index contributed by atoms with van der Waals surface area (Å²) in [5.74, 6) is -1.61. The Kier molecular flexibility index (Phi) is 5.14. The molecular weight excluding hydrogens is 483 g/mol. The van der Waals surface area contributed by atoms with Gasteiger partial charge in [0.1, 0.15) is 0 Å². The minimum Gasteiger partial charge on any atom is -0.388 e. The summed E-state index contributed by atoms with van der Waals surface area (Å²) in [5, 5.41) is 11.2. The summed E-state index contributed by atoms with van der Waals surface area (Å²) < 4.78 is 42.6. The number of hydrogen-bond acceptors (Lipinski definition) is 6. The highest BCUT2D eigenvalue weighted by atomic mass is 19.4. The lowest BCUT2D eigenvalue weighted by molar-refractivity contribution is -0.144. The Labute approximate surface area is 200 Å². The fraction of sp³-hybridized carbons (Fsp3) is 0.409. The van der Waals surface area contributed by atoms with Crippen molar-refractivity contribution in [1.82, 2.24) is 33.6 Å². The van der Waals surface area contributed by atoms with Crippen LogP contribution >= 0.6 is 0 Å². The van der Waals surface area contributed by atoms with Crippen molar-refractivity contribution in [3.63, 3.8) is 0 Å². The zero-order valence-electron chi connectivity index (χ0n) is 19.5. The van der Waals surface area contributed by atoms with Gasteiger partial charge in [-0.2, -0.15) is 13.2 Å². The maximum Gasteiger partial charge on any atom is 0.449 e. The molecule has 14 heteroatoms. The van der Waals surface area contributed by atoms with E-state index in [1.165, 1.54) is 52.7 Å². The molecule has 190 valence electrons. The summed E-state index contributed by atoms with van der Waals surface area (Å²) in [6.07, 6.45) is -3.13. The van der Waals surface area contributed by atoms with E-state index < -0.39 is 40.8 Å². The highest BCUT2D eigenvalue weighted by molar-refractivity contribution is 5.97. The van der Waals surface area contributed by atoms with Crippen molar-refractivity contribution in [2.24, 2.45) is 14.1 Å². The van der Waals surface area contributed by atoms with E-state index in [-0.39, 0.29) is 47.3 Å². The first kappa shape index (κ1) is 23.8. The Bertz CT molecular complexity index is 1640. The second-order valence-electron chi connectivity index (χ2n) is 9.22. The number of carbonyl (C=O) groups excluding carboxylic acids is 1. The molecule has 11 nitrogen and oxygen atoms in total. The standard InChI is InChI=1S/C22H22F3N7O4/c1-21(36)6-7-31(17(33)11-4-5-12-13(8-11)28-19(27-12)22(23,24)25)9-14(21)32-10-26-16-15(32)18(34)30(3)20(35)29(16)2/h4-5,8,10,14,36H,6-7,9H2,1-3H3,(H,27,28)/t14-,21-/m0/s1. The van der Waals surface area contributed by atoms with Crippen LogP contribution in [-0.4, -0.2) is 63.3 Å². The number of halogens is 3. The van der Waals surface area contributed by atoms with E-state index in [1.54, 1.807) is 6.92 Å². The normalized spacial score (nSPS) is 21.0.